The molecule has 0 aliphatic carbocycles. The molecule has 0 spiro atoms. The Morgan fingerprint density at radius 2 is 1.85 bits per heavy atom. The zero-order valence-corrected chi connectivity index (χ0v) is 17.4. The van der Waals surface area contributed by atoms with Crippen LogP contribution in [0.25, 0.3) is 0 Å². The maximum absolute atomic E-state index is 12.4. The lowest BCUT2D eigenvalue weighted by molar-refractivity contribution is -0.138. The molecule has 7 heteroatoms. The van der Waals surface area contributed by atoms with Crippen molar-refractivity contribution in [2.24, 2.45) is 0 Å². The second kappa shape index (κ2) is 9.24. The molecule has 0 aromatic heterocycles. The summed E-state index contributed by atoms with van der Waals surface area (Å²) in [4.78, 5) is 19.4. The summed E-state index contributed by atoms with van der Waals surface area (Å²) < 4.78 is 11.5. The number of hydrogen-bond donors (Lipinski definition) is 0. The van der Waals surface area contributed by atoms with Gasteiger partial charge >= 0.3 is 0 Å². The molecular weight excluding hydrogens is 350 g/mol. The highest BCUT2D eigenvalue weighted by molar-refractivity contribution is 8.00. The van der Waals surface area contributed by atoms with Crippen LogP contribution in [-0.4, -0.2) is 109 Å². The van der Waals surface area contributed by atoms with Gasteiger partial charge in [-0.25, -0.2) is 0 Å². The summed E-state index contributed by atoms with van der Waals surface area (Å²) in [6.45, 7) is 11.8. The van der Waals surface area contributed by atoms with E-state index in [9.17, 15) is 4.79 Å². The Morgan fingerprint density at radius 1 is 1.15 bits per heavy atom. The average Bonchev–Trinajstić information content (AvgIpc) is 2.64. The Kier molecular flexibility index (Phi) is 7.25. The highest BCUT2D eigenvalue weighted by atomic mass is 32.2. The molecule has 150 valence electrons. The molecule has 0 aromatic carbocycles. The molecule has 1 amide bonds. The van der Waals surface area contributed by atoms with Crippen LogP contribution in [0.2, 0.25) is 0 Å². The molecule has 3 aliphatic heterocycles. The molecule has 0 radical (unpaired) electrons. The standard InChI is InChI=1S/C19H35N3O3S/c1-19(2)15-26-17(13-25-19)12-24-14-18(23)22-10-8-21(9-11-22)16-4-6-20(3)7-5-16/h16-17H,4-15H2,1-3H3/t17-/m1/s1. The summed E-state index contributed by atoms with van der Waals surface area (Å²) in [5.74, 6) is 1.11. The number of piperidine rings is 1. The predicted octanol–water partition coefficient (Wildman–Crippen LogP) is 1.15. The summed E-state index contributed by atoms with van der Waals surface area (Å²) in [5.41, 5.74) is -0.0373. The van der Waals surface area contributed by atoms with Crippen LogP contribution in [0.5, 0.6) is 0 Å². The molecule has 3 fully saturated rings. The van der Waals surface area contributed by atoms with Gasteiger partial charge in [-0.1, -0.05) is 0 Å². The predicted molar refractivity (Wildman–Crippen MR) is 106 cm³/mol. The molecule has 1 atom stereocenters. The monoisotopic (exact) mass is 385 g/mol. The van der Waals surface area contributed by atoms with Crippen molar-refractivity contribution in [3.8, 4) is 0 Å². The van der Waals surface area contributed by atoms with Crippen LogP contribution < -0.4 is 0 Å². The molecule has 0 unspecified atom stereocenters. The van der Waals surface area contributed by atoms with Crippen LogP contribution >= 0.6 is 11.8 Å². The lowest BCUT2D eigenvalue weighted by Crippen LogP contribution is -2.54. The van der Waals surface area contributed by atoms with Gasteiger partial charge in [0.2, 0.25) is 5.91 Å². The first-order valence-corrected chi connectivity index (χ1v) is 11.0. The SMILES string of the molecule is CN1CCC(N2CCN(C(=O)COC[C@@H]3COC(C)(C)CS3)CC2)CC1. The Hall–Kier alpha value is -0.340. The fourth-order valence-electron chi connectivity index (χ4n) is 3.89. The zero-order valence-electron chi connectivity index (χ0n) is 16.6. The molecule has 0 aromatic rings. The summed E-state index contributed by atoms with van der Waals surface area (Å²) in [6.07, 6.45) is 2.51. The average molecular weight is 386 g/mol. The van der Waals surface area contributed by atoms with E-state index in [-0.39, 0.29) is 18.1 Å². The fourth-order valence-corrected chi connectivity index (χ4v) is 4.97. The van der Waals surface area contributed by atoms with Crippen molar-refractivity contribution in [2.45, 2.75) is 43.6 Å². The first-order chi connectivity index (χ1) is 12.4. The van der Waals surface area contributed by atoms with Crippen molar-refractivity contribution >= 4 is 17.7 Å². The third kappa shape index (κ3) is 5.83. The summed E-state index contributed by atoms with van der Waals surface area (Å²) in [5, 5.41) is 0.345. The molecule has 3 heterocycles. The van der Waals surface area contributed by atoms with Gasteiger partial charge in [0, 0.05) is 38.0 Å². The van der Waals surface area contributed by atoms with Crippen LogP contribution in [0.1, 0.15) is 26.7 Å². The molecule has 0 N–H and O–H groups in total. The number of amides is 1. The van der Waals surface area contributed by atoms with Crippen LogP contribution in [0.4, 0.5) is 0 Å². The van der Waals surface area contributed by atoms with E-state index in [0.29, 0.717) is 24.5 Å². The molecule has 3 aliphatic rings. The van der Waals surface area contributed by atoms with Gasteiger partial charge in [0.25, 0.3) is 0 Å². The highest BCUT2D eigenvalue weighted by Crippen LogP contribution is 2.27. The van der Waals surface area contributed by atoms with Gasteiger partial charge in [0.05, 0.1) is 24.1 Å². The second-order valence-corrected chi connectivity index (χ2v) is 9.76. The van der Waals surface area contributed by atoms with E-state index in [1.807, 2.05) is 16.7 Å². The highest BCUT2D eigenvalue weighted by Gasteiger charge is 2.30. The maximum Gasteiger partial charge on any atom is 0.248 e. The van der Waals surface area contributed by atoms with E-state index in [1.54, 1.807) is 0 Å². The van der Waals surface area contributed by atoms with Crippen LogP contribution in [-0.2, 0) is 14.3 Å². The number of ether oxygens (including phenoxy) is 2. The van der Waals surface area contributed by atoms with Crippen LogP contribution in [0.15, 0.2) is 0 Å². The summed E-state index contributed by atoms with van der Waals surface area (Å²) in [6, 6.07) is 0.701. The number of carbonyl (C=O) groups excluding carboxylic acids is 1. The minimum atomic E-state index is -0.0373. The Bertz CT molecular complexity index is 451. The Morgan fingerprint density at radius 3 is 2.46 bits per heavy atom. The number of rotatable bonds is 5. The number of likely N-dealkylation sites (tertiary alicyclic amines) is 1. The van der Waals surface area contributed by atoms with Gasteiger partial charge in [-0.15, -0.1) is 0 Å². The van der Waals surface area contributed by atoms with E-state index in [2.05, 4.69) is 30.7 Å². The van der Waals surface area contributed by atoms with Gasteiger partial charge in [-0.05, 0) is 46.8 Å². The topological polar surface area (TPSA) is 45.2 Å². The summed E-state index contributed by atoms with van der Waals surface area (Å²) in [7, 11) is 2.20. The lowest BCUT2D eigenvalue weighted by atomic mass is 10.0. The largest absolute Gasteiger partial charge is 0.373 e. The molecule has 3 rings (SSSR count). The van der Waals surface area contributed by atoms with Crippen molar-refractivity contribution in [1.82, 2.24) is 14.7 Å². The first-order valence-electron chi connectivity index (χ1n) is 9.97. The van der Waals surface area contributed by atoms with Crippen molar-refractivity contribution < 1.29 is 14.3 Å². The maximum atomic E-state index is 12.4. The third-order valence-corrected chi connectivity index (χ3v) is 7.33. The quantitative estimate of drug-likeness (QED) is 0.708. The van der Waals surface area contributed by atoms with Gasteiger partial charge in [0.1, 0.15) is 6.61 Å². The van der Waals surface area contributed by atoms with Crippen molar-refractivity contribution in [2.75, 3.05) is 71.9 Å². The number of thioether (sulfide) groups is 1. The number of piperazine rings is 1. The minimum absolute atomic E-state index is 0.0373. The lowest BCUT2D eigenvalue weighted by Gasteiger charge is -2.42. The van der Waals surface area contributed by atoms with E-state index in [1.165, 1.54) is 25.9 Å². The number of carbonyl (C=O) groups is 1. The Labute approximate surface area is 162 Å². The molecule has 0 saturated carbocycles. The molecule has 0 bridgehead atoms. The number of nitrogens with zero attached hydrogens (tertiary/aromatic N) is 3. The molecular formula is C19H35N3O3S. The van der Waals surface area contributed by atoms with E-state index in [0.717, 1.165) is 31.9 Å². The van der Waals surface area contributed by atoms with Gasteiger partial charge in [-0.3, -0.25) is 9.69 Å². The van der Waals surface area contributed by atoms with Crippen molar-refractivity contribution in [3.63, 3.8) is 0 Å². The first kappa shape index (κ1) is 20.4. The smallest absolute Gasteiger partial charge is 0.248 e. The third-order valence-electron chi connectivity index (χ3n) is 5.73. The zero-order chi connectivity index (χ0) is 18.6. The van der Waals surface area contributed by atoms with E-state index >= 15 is 0 Å². The Balaban J connectivity index is 1.30. The van der Waals surface area contributed by atoms with Crippen LogP contribution in [0.3, 0.4) is 0 Å². The molecule has 26 heavy (non-hydrogen) atoms. The van der Waals surface area contributed by atoms with Gasteiger partial charge in [-0.2, -0.15) is 11.8 Å². The van der Waals surface area contributed by atoms with E-state index in [4.69, 9.17) is 9.47 Å². The summed E-state index contributed by atoms with van der Waals surface area (Å²) >= 11 is 1.89. The van der Waals surface area contributed by atoms with Crippen molar-refractivity contribution in [3.05, 3.63) is 0 Å². The second-order valence-electron chi connectivity index (χ2n) is 8.47. The molecule has 6 nitrogen and oxygen atoms in total. The van der Waals surface area contributed by atoms with Gasteiger partial charge in [0.15, 0.2) is 0 Å². The normalized spacial score (nSPS) is 29.0. The fraction of sp³-hybridized carbons (Fsp3) is 0.947. The van der Waals surface area contributed by atoms with E-state index < -0.39 is 0 Å². The van der Waals surface area contributed by atoms with Crippen LogP contribution in [0, 0.1) is 0 Å². The van der Waals surface area contributed by atoms with Gasteiger partial charge < -0.3 is 19.3 Å². The number of hydrogen-bond acceptors (Lipinski definition) is 6. The minimum Gasteiger partial charge on any atom is -0.373 e. The van der Waals surface area contributed by atoms with Crippen molar-refractivity contribution in [1.29, 1.82) is 0 Å². The molecule has 3 saturated heterocycles.